The van der Waals surface area contributed by atoms with E-state index in [0.29, 0.717) is 24.6 Å². The van der Waals surface area contributed by atoms with Crippen LogP contribution in [0, 0.1) is 0 Å². The van der Waals surface area contributed by atoms with Crippen molar-refractivity contribution in [3.63, 3.8) is 0 Å². The maximum absolute atomic E-state index is 11.8. The van der Waals surface area contributed by atoms with Crippen LogP contribution >= 0.6 is 11.3 Å². The maximum atomic E-state index is 11.8. The highest BCUT2D eigenvalue weighted by atomic mass is 32.2. The van der Waals surface area contributed by atoms with Crippen molar-refractivity contribution in [1.82, 2.24) is 0 Å². The molecule has 20 heavy (non-hydrogen) atoms. The lowest BCUT2D eigenvalue weighted by Gasteiger charge is -2.06. The van der Waals surface area contributed by atoms with Crippen molar-refractivity contribution in [3.05, 3.63) is 4.88 Å². The van der Waals surface area contributed by atoms with Crippen LogP contribution in [0.2, 0.25) is 0 Å². The highest BCUT2D eigenvalue weighted by Gasteiger charge is 2.27. The van der Waals surface area contributed by atoms with Crippen LogP contribution in [0.1, 0.15) is 16.1 Å². The third-order valence-electron chi connectivity index (χ3n) is 2.45. The molecule has 0 bridgehead atoms. The number of carbonyl (C=O) groups excluding carboxylic acids is 1. The van der Waals surface area contributed by atoms with E-state index in [0.717, 1.165) is 17.6 Å². The van der Waals surface area contributed by atoms with Crippen LogP contribution in [0.3, 0.4) is 0 Å². The fourth-order valence-corrected chi connectivity index (χ4v) is 4.09. The largest absolute Gasteiger partial charge is 0.465 e. The average molecular weight is 322 g/mol. The van der Waals surface area contributed by atoms with E-state index >= 15 is 0 Å². The van der Waals surface area contributed by atoms with Gasteiger partial charge >= 0.3 is 5.97 Å². The first-order chi connectivity index (χ1) is 9.32. The van der Waals surface area contributed by atoms with Gasteiger partial charge in [0.1, 0.15) is 14.8 Å². The summed E-state index contributed by atoms with van der Waals surface area (Å²) in [6.07, 6.45) is 1.75. The molecule has 0 spiro atoms. The lowest BCUT2D eigenvalue weighted by molar-refractivity contribution is 0.0607. The summed E-state index contributed by atoms with van der Waals surface area (Å²) in [5.41, 5.74) is 5.69. The summed E-state index contributed by atoms with van der Waals surface area (Å²) in [6.45, 7) is 1.06. The number of hydrogen-bond acceptors (Lipinski definition) is 8. The van der Waals surface area contributed by atoms with Gasteiger partial charge in [-0.1, -0.05) is 0 Å². The first-order valence-corrected chi connectivity index (χ1v) is 8.47. The van der Waals surface area contributed by atoms with Gasteiger partial charge in [0.05, 0.1) is 12.8 Å². The van der Waals surface area contributed by atoms with E-state index in [1.165, 1.54) is 7.11 Å². The Balaban J connectivity index is 3.11. The van der Waals surface area contributed by atoms with E-state index < -0.39 is 15.8 Å². The van der Waals surface area contributed by atoms with Crippen LogP contribution in [-0.2, 0) is 19.3 Å². The zero-order valence-corrected chi connectivity index (χ0v) is 13.2. The molecule has 0 saturated carbocycles. The average Bonchev–Trinajstić information content (AvgIpc) is 2.70. The van der Waals surface area contributed by atoms with Crippen molar-refractivity contribution in [3.8, 4) is 0 Å². The predicted octanol–water partition coefficient (Wildman–Crippen LogP) is 0.969. The zero-order valence-electron chi connectivity index (χ0n) is 11.6. The second-order valence-corrected chi connectivity index (χ2v) is 7.01. The fraction of sp³-hybridized carbons (Fsp3) is 0.545. The van der Waals surface area contributed by atoms with Crippen molar-refractivity contribution in [2.75, 3.05) is 44.7 Å². The van der Waals surface area contributed by atoms with Gasteiger partial charge < -0.3 is 20.5 Å². The molecule has 0 atom stereocenters. The summed E-state index contributed by atoms with van der Waals surface area (Å²) < 4.78 is 33.1. The molecule has 1 heterocycles. The van der Waals surface area contributed by atoms with Gasteiger partial charge in [-0.15, -0.1) is 11.3 Å². The van der Waals surface area contributed by atoms with Gasteiger partial charge in [-0.05, 0) is 6.42 Å². The number of hydrogen-bond donors (Lipinski definition) is 2. The van der Waals surface area contributed by atoms with Gasteiger partial charge in [-0.3, -0.25) is 0 Å². The number of nitrogens with one attached hydrogen (secondary N) is 1. The predicted molar refractivity (Wildman–Crippen MR) is 78.2 cm³/mol. The quantitative estimate of drug-likeness (QED) is 0.569. The molecule has 0 aliphatic carbocycles. The van der Waals surface area contributed by atoms with E-state index in [2.05, 4.69) is 10.1 Å². The SMILES string of the molecule is COCCCNc1sc(C(=O)OC)c(N)c1S(C)(=O)=O. The van der Waals surface area contributed by atoms with Crippen molar-refractivity contribution < 1.29 is 22.7 Å². The second kappa shape index (κ2) is 6.91. The number of esters is 1. The molecule has 0 aliphatic rings. The lowest BCUT2D eigenvalue weighted by Crippen LogP contribution is -2.08. The molecule has 1 rings (SSSR count). The molecule has 0 amide bonds. The summed E-state index contributed by atoms with van der Waals surface area (Å²) in [5.74, 6) is -0.651. The molecule has 1 aromatic heterocycles. The van der Waals surface area contributed by atoms with Gasteiger partial charge in [0.15, 0.2) is 9.84 Å². The maximum Gasteiger partial charge on any atom is 0.350 e. The Bertz CT molecular complexity index is 580. The minimum Gasteiger partial charge on any atom is -0.465 e. The number of thiophene rings is 1. The Morgan fingerprint density at radius 2 is 2.05 bits per heavy atom. The van der Waals surface area contributed by atoms with E-state index in [9.17, 15) is 13.2 Å². The van der Waals surface area contributed by atoms with Crippen molar-refractivity contribution in [2.45, 2.75) is 11.3 Å². The van der Waals surface area contributed by atoms with Crippen LogP contribution < -0.4 is 11.1 Å². The van der Waals surface area contributed by atoms with Crippen LogP contribution in [0.4, 0.5) is 10.7 Å². The van der Waals surface area contributed by atoms with Crippen LogP contribution in [0.15, 0.2) is 4.90 Å². The minimum absolute atomic E-state index is 0.0553. The molecule has 0 aliphatic heterocycles. The number of anilines is 2. The topological polar surface area (TPSA) is 108 Å². The van der Waals surface area contributed by atoms with Crippen LogP contribution in [0.25, 0.3) is 0 Å². The summed E-state index contributed by atoms with van der Waals surface area (Å²) >= 11 is 0.973. The monoisotopic (exact) mass is 322 g/mol. The molecular weight excluding hydrogens is 304 g/mol. The molecule has 0 unspecified atom stereocenters. The molecular formula is C11H18N2O5S2. The van der Waals surface area contributed by atoms with Gasteiger partial charge in [0.2, 0.25) is 0 Å². The lowest BCUT2D eigenvalue weighted by atomic mass is 10.4. The standard InChI is InChI=1S/C11H18N2O5S2/c1-17-6-4-5-13-10-9(20(3,15)16)7(12)8(19-10)11(14)18-2/h13H,4-6,12H2,1-3H3. The molecule has 3 N–H and O–H groups in total. The smallest absolute Gasteiger partial charge is 0.350 e. The number of sulfone groups is 1. The van der Waals surface area contributed by atoms with Gasteiger partial charge in [0.25, 0.3) is 0 Å². The van der Waals surface area contributed by atoms with Crippen LogP contribution in [0.5, 0.6) is 0 Å². The fourth-order valence-electron chi connectivity index (χ4n) is 1.58. The highest BCUT2D eigenvalue weighted by molar-refractivity contribution is 7.91. The summed E-state index contributed by atoms with van der Waals surface area (Å²) in [6, 6.07) is 0. The first kappa shape index (κ1) is 16.7. The first-order valence-electron chi connectivity index (χ1n) is 5.76. The van der Waals surface area contributed by atoms with Gasteiger partial charge in [-0.2, -0.15) is 0 Å². The number of rotatable bonds is 7. The summed E-state index contributed by atoms with van der Waals surface area (Å²) in [4.78, 5) is 11.6. The third-order valence-corrected chi connectivity index (χ3v) is 4.89. The van der Waals surface area contributed by atoms with E-state index in [4.69, 9.17) is 10.5 Å². The molecule has 0 saturated heterocycles. The van der Waals surface area contributed by atoms with Crippen molar-refractivity contribution in [2.24, 2.45) is 0 Å². The Kier molecular flexibility index (Phi) is 5.78. The molecule has 9 heteroatoms. The van der Waals surface area contributed by atoms with E-state index in [-0.39, 0.29) is 15.5 Å². The van der Waals surface area contributed by atoms with E-state index in [1.54, 1.807) is 7.11 Å². The number of methoxy groups -OCH3 is 2. The van der Waals surface area contributed by atoms with Crippen molar-refractivity contribution in [1.29, 1.82) is 0 Å². The molecule has 0 fully saturated rings. The van der Waals surface area contributed by atoms with Gasteiger partial charge in [-0.25, -0.2) is 13.2 Å². The number of ether oxygens (including phenoxy) is 2. The Labute approximate surface area is 122 Å². The Hall–Kier alpha value is -1.32. The molecule has 1 aromatic rings. The van der Waals surface area contributed by atoms with Gasteiger partial charge in [0, 0.05) is 26.5 Å². The number of nitrogens with two attached hydrogens (primary N) is 1. The highest BCUT2D eigenvalue weighted by Crippen LogP contribution is 2.39. The molecule has 0 aromatic carbocycles. The minimum atomic E-state index is -3.54. The number of carbonyl (C=O) groups is 1. The molecule has 0 radical (unpaired) electrons. The Morgan fingerprint density at radius 3 is 2.55 bits per heavy atom. The Morgan fingerprint density at radius 1 is 1.40 bits per heavy atom. The molecule has 114 valence electrons. The van der Waals surface area contributed by atoms with Crippen molar-refractivity contribution >= 4 is 37.8 Å². The van der Waals surface area contributed by atoms with Crippen LogP contribution in [-0.4, -0.2) is 48.0 Å². The normalized spacial score (nSPS) is 11.3. The number of nitrogen functional groups attached to an aromatic ring is 1. The molecule has 7 nitrogen and oxygen atoms in total. The summed E-state index contributed by atoms with van der Waals surface area (Å²) in [5, 5.41) is 3.31. The zero-order chi connectivity index (χ0) is 15.3. The summed E-state index contributed by atoms with van der Waals surface area (Å²) in [7, 11) is -0.745. The van der Waals surface area contributed by atoms with E-state index in [1.807, 2.05) is 0 Å². The third kappa shape index (κ3) is 3.84. The second-order valence-electron chi connectivity index (χ2n) is 4.04.